The van der Waals surface area contributed by atoms with Crippen LogP contribution in [0.3, 0.4) is 0 Å². The zero-order valence-electron chi connectivity index (χ0n) is 13.4. The first kappa shape index (κ1) is 15.9. The Hall–Kier alpha value is -1.49. The van der Waals surface area contributed by atoms with E-state index in [1.807, 2.05) is 39.3 Å². The number of benzene rings is 1. The van der Waals surface area contributed by atoms with Crippen molar-refractivity contribution >= 4 is 28.7 Å². The first-order valence-electron chi connectivity index (χ1n) is 7.05. The van der Waals surface area contributed by atoms with Crippen LogP contribution < -0.4 is 5.32 Å². The smallest absolute Gasteiger partial charge is 0.226 e. The average molecular weight is 305 g/mol. The molecule has 2 aromatic rings. The van der Waals surface area contributed by atoms with Crippen LogP contribution in [0.1, 0.15) is 25.2 Å². The van der Waals surface area contributed by atoms with E-state index >= 15 is 0 Å². The summed E-state index contributed by atoms with van der Waals surface area (Å²) in [6.45, 7) is 6.48. The number of imidazole rings is 1. The van der Waals surface area contributed by atoms with Gasteiger partial charge in [0.15, 0.2) is 0 Å². The van der Waals surface area contributed by atoms with E-state index in [0.717, 1.165) is 22.6 Å². The van der Waals surface area contributed by atoms with Crippen LogP contribution in [-0.4, -0.2) is 27.5 Å². The Morgan fingerprint density at radius 1 is 1.43 bits per heavy atom. The lowest BCUT2D eigenvalue weighted by Crippen LogP contribution is -2.38. The average Bonchev–Trinajstić information content (AvgIpc) is 2.74. The molecule has 0 saturated heterocycles. The number of thioether (sulfide) groups is 1. The molecule has 114 valence electrons. The molecular weight excluding hydrogens is 282 g/mol. The lowest BCUT2D eigenvalue weighted by Gasteiger charge is -2.22. The Bertz CT molecular complexity index is 661. The Labute approximate surface area is 130 Å². The summed E-state index contributed by atoms with van der Waals surface area (Å²) < 4.78 is 2.06. The molecule has 5 heteroatoms. The molecule has 0 unspecified atom stereocenters. The highest BCUT2D eigenvalue weighted by Crippen LogP contribution is 2.21. The lowest BCUT2D eigenvalue weighted by molar-refractivity contribution is -0.128. The van der Waals surface area contributed by atoms with Crippen molar-refractivity contribution in [2.75, 3.05) is 12.0 Å². The highest BCUT2D eigenvalue weighted by atomic mass is 32.2. The molecule has 1 N–H and O–H groups in total. The molecule has 0 aliphatic heterocycles. The molecule has 0 saturated carbocycles. The Morgan fingerprint density at radius 2 is 2.14 bits per heavy atom. The van der Waals surface area contributed by atoms with Crippen LogP contribution >= 0.6 is 11.8 Å². The maximum atomic E-state index is 12.3. The zero-order valence-corrected chi connectivity index (χ0v) is 14.2. The summed E-state index contributed by atoms with van der Waals surface area (Å²) in [6, 6.07) is 6.09. The van der Waals surface area contributed by atoms with Gasteiger partial charge in [0.05, 0.1) is 23.0 Å². The summed E-state index contributed by atoms with van der Waals surface area (Å²) in [7, 11) is 2.00. The van der Waals surface area contributed by atoms with Crippen molar-refractivity contribution < 1.29 is 4.79 Å². The second kappa shape index (κ2) is 6.10. The summed E-state index contributed by atoms with van der Waals surface area (Å²) in [5.74, 6) is 1.76. The molecule has 0 atom stereocenters. The van der Waals surface area contributed by atoms with Crippen molar-refractivity contribution in [1.82, 2.24) is 14.9 Å². The van der Waals surface area contributed by atoms with E-state index in [-0.39, 0.29) is 11.3 Å². The first-order chi connectivity index (χ1) is 9.86. The zero-order chi connectivity index (χ0) is 15.6. The number of amides is 1. The molecule has 0 aliphatic carbocycles. The van der Waals surface area contributed by atoms with Gasteiger partial charge in [-0.3, -0.25) is 4.79 Å². The van der Waals surface area contributed by atoms with Crippen molar-refractivity contribution in [3.63, 3.8) is 0 Å². The standard InChI is InChI=1S/C16H23N3OS/c1-11-7-6-8-12-14(11)19(4)13(18-12)9-17-15(20)16(2,3)10-21-5/h6-8H,9-10H2,1-5H3,(H,17,20). The summed E-state index contributed by atoms with van der Waals surface area (Å²) in [6.07, 6.45) is 2.02. The van der Waals surface area contributed by atoms with Crippen molar-refractivity contribution in [3.8, 4) is 0 Å². The molecule has 0 aliphatic rings. The predicted molar refractivity (Wildman–Crippen MR) is 89.5 cm³/mol. The number of aryl methyl sites for hydroxylation is 2. The molecular formula is C16H23N3OS. The largest absolute Gasteiger partial charge is 0.348 e. The molecule has 1 heterocycles. The van der Waals surface area contributed by atoms with Gasteiger partial charge in [-0.1, -0.05) is 26.0 Å². The van der Waals surface area contributed by atoms with Crippen molar-refractivity contribution in [2.24, 2.45) is 12.5 Å². The second-order valence-corrected chi connectivity index (χ2v) is 6.90. The van der Waals surface area contributed by atoms with Gasteiger partial charge in [0.2, 0.25) is 5.91 Å². The number of carbonyl (C=O) groups is 1. The van der Waals surface area contributed by atoms with Crippen molar-refractivity contribution in [1.29, 1.82) is 0 Å². The lowest BCUT2D eigenvalue weighted by atomic mass is 9.95. The molecule has 4 nitrogen and oxygen atoms in total. The van der Waals surface area contributed by atoms with Crippen molar-refractivity contribution in [3.05, 3.63) is 29.6 Å². The molecule has 1 amide bonds. The van der Waals surface area contributed by atoms with Gasteiger partial charge in [-0.2, -0.15) is 11.8 Å². The molecule has 0 fully saturated rings. The maximum absolute atomic E-state index is 12.3. The predicted octanol–water partition coefficient (Wildman–Crippen LogP) is 2.89. The summed E-state index contributed by atoms with van der Waals surface area (Å²) >= 11 is 1.69. The van der Waals surface area contributed by atoms with Crippen LogP contribution in [0.2, 0.25) is 0 Å². The minimum atomic E-state index is -0.361. The van der Waals surface area contributed by atoms with Crippen LogP contribution in [0.4, 0.5) is 0 Å². The molecule has 0 bridgehead atoms. The molecule has 0 radical (unpaired) electrons. The molecule has 1 aromatic heterocycles. The minimum Gasteiger partial charge on any atom is -0.348 e. The van der Waals surface area contributed by atoms with E-state index in [1.54, 1.807) is 11.8 Å². The van der Waals surface area contributed by atoms with Crippen LogP contribution in [0.15, 0.2) is 18.2 Å². The first-order valence-corrected chi connectivity index (χ1v) is 8.44. The van der Waals surface area contributed by atoms with Gasteiger partial charge >= 0.3 is 0 Å². The molecule has 0 spiro atoms. The van der Waals surface area contributed by atoms with E-state index < -0.39 is 0 Å². The van der Waals surface area contributed by atoms with E-state index in [1.165, 1.54) is 5.56 Å². The topological polar surface area (TPSA) is 46.9 Å². The third-order valence-corrected chi connectivity index (χ3v) is 4.73. The van der Waals surface area contributed by atoms with E-state index in [9.17, 15) is 4.79 Å². The Balaban J connectivity index is 2.16. The van der Waals surface area contributed by atoms with Gasteiger partial charge in [-0.05, 0) is 24.8 Å². The van der Waals surface area contributed by atoms with Crippen LogP contribution in [0, 0.1) is 12.3 Å². The maximum Gasteiger partial charge on any atom is 0.226 e. The van der Waals surface area contributed by atoms with E-state index in [2.05, 4.69) is 27.9 Å². The number of aromatic nitrogens is 2. The third kappa shape index (κ3) is 3.23. The summed E-state index contributed by atoms with van der Waals surface area (Å²) in [5.41, 5.74) is 2.94. The number of carbonyl (C=O) groups excluding carboxylic acids is 1. The quantitative estimate of drug-likeness (QED) is 0.924. The normalized spacial score (nSPS) is 11.9. The van der Waals surface area contributed by atoms with Gasteiger partial charge in [-0.15, -0.1) is 0 Å². The molecule has 1 aromatic carbocycles. The molecule has 21 heavy (non-hydrogen) atoms. The van der Waals surface area contributed by atoms with Crippen LogP contribution in [0.5, 0.6) is 0 Å². The fourth-order valence-corrected chi connectivity index (χ4v) is 3.35. The van der Waals surface area contributed by atoms with Crippen LogP contribution in [0.25, 0.3) is 11.0 Å². The summed E-state index contributed by atoms with van der Waals surface area (Å²) in [5, 5.41) is 3.01. The highest BCUT2D eigenvalue weighted by molar-refractivity contribution is 7.98. The number of nitrogens with zero attached hydrogens (tertiary/aromatic N) is 2. The Kier molecular flexibility index (Phi) is 4.61. The second-order valence-electron chi connectivity index (χ2n) is 6.03. The van der Waals surface area contributed by atoms with Gasteiger partial charge in [-0.25, -0.2) is 4.98 Å². The number of hydrogen-bond acceptors (Lipinski definition) is 3. The van der Waals surface area contributed by atoms with Crippen molar-refractivity contribution in [2.45, 2.75) is 27.3 Å². The number of para-hydroxylation sites is 1. The Morgan fingerprint density at radius 3 is 2.76 bits per heavy atom. The van der Waals surface area contributed by atoms with E-state index in [0.29, 0.717) is 6.54 Å². The number of hydrogen-bond donors (Lipinski definition) is 1. The minimum absolute atomic E-state index is 0.0700. The van der Waals surface area contributed by atoms with Gasteiger partial charge in [0.1, 0.15) is 5.82 Å². The summed E-state index contributed by atoms with van der Waals surface area (Å²) in [4.78, 5) is 16.9. The highest BCUT2D eigenvalue weighted by Gasteiger charge is 2.27. The van der Waals surface area contributed by atoms with Gasteiger partial charge in [0.25, 0.3) is 0 Å². The monoisotopic (exact) mass is 305 g/mol. The van der Waals surface area contributed by atoms with E-state index in [4.69, 9.17) is 0 Å². The fraction of sp³-hybridized carbons (Fsp3) is 0.500. The van der Waals surface area contributed by atoms with Gasteiger partial charge in [0, 0.05) is 12.8 Å². The van der Waals surface area contributed by atoms with Gasteiger partial charge < -0.3 is 9.88 Å². The number of rotatable bonds is 5. The third-order valence-electron chi connectivity index (χ3n) is 3.72. The number of fused-ring (bicyclic) bond motifs is 1. The number of nitrogens with one attached hydrogen (secondary N) is 1. The molecule has 2 rings (SSSR count). The fourth-order valence-electron chi connectivity index (χ4n) is 2.50. The van der Waals surface area contributed by atoms with Crippen LogP contribution in [-0.2, 0) is 18.4 Å². The SMILES string of the molecule is CSCC(C)(C)C(=O)NCc1nc2cccc(C)c2n1C.